The Labute approximate surface area is 160 Å². The van der Waals surface area contributed by atoms with E-state index in [1.165, 1.54) is 19.1 Å². The fourth-order valence-corrected chi connectivity index (χ4v) is 2.83. The van der Waals surface area contributed by atoms with E-state index in [0.717, 1.165) is 10.9 Å². The molecule has 0 saturated heterocycles. The third-order valence-electron chi connectivity index (χ3n) is 4.27. The van der Waals surface area contributed by atoms with Crippen LogP contribution in [0, 0.1) is 6.92 Å². The van der Waals surface area contributed by atoms with Crippen molar-refractivity contribution in [3.63, 3.8) is 0 Å². The molecule has 28 heavy (non-hydrogen) atoms. The van der Waals surface area contributed by atoms with Crippen LogP contribution in [-0.2, 0) is 9.59 Å². The third kappa shape index (κ3) is 4.20. The highest BCUT2D eigenvalue weighted by molar-refractivity contribution is 5.87. The van der Waals surface area contributed by atoms with Crippen LogP contribution in [0.5, 0.6) is 5.75 Å². The lowest BCUT2D eigenvalue weighted by molar-refractivity contribution is -0.143. The number of ether oxygens (including phenoxy) is 1. The summed E-state index contributed by atoms with van der Waals surface area (Å²) in [5.74, 6) is -1.42. The highest BCUT2D eigenvalue weighted by atomic mass is 16.5. The largest absolute Gasteiger partial charge is 0.481 e. The summed E-state index contributed by atoms with van der Waals surface area (Å²) in [6.45, 7) is 3.31. The smallest absolute Gasteiger partial charge is 0.336 e. The van der Waals surface area contributed by atoms with Gasteiger partial charge in [-0.25, -0.2) is 9.59 Å². The number of aliphatic carboxylic acids is 1. The quantitative estimate of drug-likeness (QED) is 0.636. The van der Waals surface area contributed by atoms with E-state index >= 15 is 0 Å². The van der Waals surface area contributed by atoms with Crippen LogP contribution in [0.4, 0.5) is 0 Å². The van der Waals surface area contributed by atoms with Crippen LogP contribution in [0.3, 0.4) is 0 Å². The van der Waals surface area contributed by atoms with Crippen LogP contribution in [0.2, 0.25) is 0 Å². The fraction of sp³-hybridized carbons (Fsp3) is 0.190. The molecule has 0 unspecified atom stereocenters. The van der Waals surface area contributed by atoms with Gasteiger partial charge in [0.2, 0.25) is 0 Å². The zero-order chi connectivity index (χ0) is 20.3. The van der Waals surface area contributed by atoms with E-state index in [-0.39, 0.29) is 0 Å². The van der Waals surface area contributed by atoms with Gasteiger partial charge in [0, 0.05) is 17.5 Å². The Bertz CT molecular complexity index is 1070. The van der Waals surface area contributed by atoms with Crippen molar-refractivity contribution in [2.75, 3.05) is 0 Å². The molecule has 7 heteroatoms. The second-order valence-electron chi connectivity index (χ2n) is 6.36. The molecule has 2 aromatic carbocycles. The van der Waals surface area contributed by atoms with Crippen LogP contribution in [-0.4, -0.2) is 23.1 Å². The molecule has 0 saturated carbocycles. The van der Waals surface area contributed by atoms with Gasteiger partial charge in [-0.1, -0.05) is 30.3 Å². The molecular weight excluding hydrogens is 362 g/mol. The van der Waals surface area contributed by atoms with Crippen molar-refractivity contribution in [1.82, 2.24) is 5.32 Å². The molecule has 2 atom stereocenters. The molecule has 0 aliphatic carbocycles. The number of hydrogen-bond acceptors (Lipinski definition) is 5. The van der Waals surface area contributed by atoms with Crippen molar-refractivity contribution in [1.29, 1.82) is 0 Å². The third-order valence-corrected chi connectivity index (χ3v) is 4.27. The van der Waals surface area contributed by atoms with Crippen LogP contribution < -0.4 is 15.7 Å². The first-order valence-electron chi connectivity index (χ1n) is 8.64. The minimum atomic E-state index is -1.18. The first kappa shape index (κ1) is 19.2. The summed E-state index contributed by atoms with van der Waals surface area (Å²) in [4.78, 5) is 35.5. The van der Waals surface area contributed by atoms with E-state index in [2.05, 4.69) is 5.32 Å². The lowest BCUT2D eigenvalue weighted by Gasteiger charge is -2.19. The molecule has 7 nitrogen and oxygen atoms in total. The summed E-state index contributed by atoms with van der Waals surface area (Å²) in [5.41, 5.74) is 1.11. The second-order valence-corrected chi connectivity index (χ2v) is 6.36. The molecule has 2 N–H and O–H groups in total. The first-order valence-corrected chi connectivity index (χ1v) is 8.64. The SMILES string of the molecule is Cc1cc(=O)oc2cc(O[C@H](C)C(=O)N[C@H](C(=O)O)c3ccccc3)ccc12. The number of carboxylic acid groups (broad SMARTS) is 1. The van der Waals surface area contributed by atoms with Crippen LogP contribution in [0.15, 0.2) is 63.8 Å². The highest BCUT2D eigenvalue weighted by Gasteiger charge is 2.25. The highest BCUT2D eigenvalue weighted by Crippen LogP contribution is 2.23. The molecule has 1 aromatic heterocycles. The Hall–Kier alpha value is -3.61. The number of fused-ring (bicyclic) bond motifs is 1. The van der Waals surface area contributed by atoms with Crippen molar-refractivity contribution < 1.29 is 23.8 Å². The number of rotatable bonds is 6. The van der Waals surface area contributed by atoms with Gasteiger partial charge in [0.15, 0.2) is 12.1 Å². The van der Waals surface area contributed by atoms with Gasteiger partial charge in [-0.05, 0) is 37.1 Å². The maximum absolute atomic E-state index is 12.4. The minimum absolute atomic E-state index is 0.329. The van der Waals surface area contributed by atoms with Crippen molar-refractivity contribution in [3.05, 3.63) is 76.1 Å². The molecule has 0 radical (unpaired) electrons. The molecular formula is C21H19NO6. The average molecular weight is 381 g/mol. The molecule has 1 heterocycles. The Morgan fingerprint density at radius 3 is 2.50 bits per heavy atom. The van der Waals surface area contributed by atoms with Crippen LogP contribution in [0.25, 0.3) is 11.0 Å². The van der Waals surface area contributed by atoms with Crippen LogP contribution >= 0.6 is 0 Å². The van der Waals surface area contributed by atoms with Gasteiger partial charge in [0.25, 0.3) is 5.91 Å². The first-order chi connectivity index (χ1) is 13.3. The molecule has 0 fully saturated rings. The summed E-state index contributed by atoms with van der Waals surface area (Å²) >= 11 is 0. The van der Waals surface area contributed by atoms with E-state index in [1.807, 2.05) is 0 Å². The zero-order valence-corrected chi connectivity index (χ0v) is 15.3. The van der Waals surface area contributed by atoms with Gasteiger partial charge in [-0.2, -0.15) is 0 Å². The van der Waals surface area contributed by atoms with Gasteiger partial charge in [-0.15, -0.1) is 0 Å². The molecule has 144 valence electrons. The van der Waals surface area contributed by atoms with E-state index < -0.39 is 29.6 Å². The Morgan fingerprint density at radius 2 is 1.82 bits per heavy atom. The maximum Gasteiger partial charge on any atom is 0.336 e. The topological polar surface area (TPSA) is 106 Å². The van der Waals surface area contributed by atoms with E-state index in [4.69, 9.17) is 9.15 Å². The fourth-order valence-electron chi connectivity index (χ4n) is 2.83. The lowest BCUT2D eigenvalue weighted by Crippen LogP contribution is -2.41. The minimum Gasteiger partial charge on any atom is -0.481 e. The molecule has 3 aromatic rings. The molecule has 0 bridgehead atoms. The van der Waals surface area contributed by atoms with Gasteiger partial charge in [0.1, 0.15) is 11.3 Å². The van der Waals surface area contributed by atoms with E-state index in [9.17, 15) is 19.5 Å². The van der Waals surface area contributed by atoms with Gasteiger partial charge >= 0.3 is 11.6 Å². The monoisotopic (exact) mass is 381 g/mol. The zero-order valence-electron chi connectivity index (χ0n) is 15.3. The van der Waals surface area contributed by atoms with E-state index in [1.54, 1.807) is 49.4 Å². The van der Waals surface area contributed by atoms with Gasteiger partial charge in [-0.3, -0.25) is 4.79 Å². The Balaban J connectivity index is 1.75. The summed E-state index contributed by atoms with van der Waals surface area (Å²) < 4.78 is 10.8. The summed E-state index contributed by atoms with van der Waals surface area (Å²) in [6.07, 6.45) is -0.959. The number of carbonyl (C=O) groups excluding carboxylic acids is 1. The van der Waals surface area contributed by atoms with Crippen molar-refractivity contribution in [3.8, 4) is 5.75 Å². The average Bonchev–Trinajstić information content (AvgIpc) is 2.65. The normalized spacial score (nSPS) is 12.9. The number of hydrogen-bond donors (Lipinski definition) is 2. The molecule has 0 aliphatic heterocycles. The van der Waals surface area contributed by atoms with Crippen LogP contribution in [0.1, 0.15) is 24.1 Å². The number of carboxylic acids is 1. The van der Waals surface area contributed by atoms with Gasteiger partial charge < -0.3 is 19.6 Å². The molecule has 1 amide bonds. The number of benzene rings is 2. The van der Waals surface area contributed by atoms with Gasteiger partial charge in [0.05, 0.1) is 0 Å². The molecule has 3 rings (SSSR count). The van der Waals surface area contributed by atoms with Crippen molar-refractivity contribution in [2.24, 2.45) is 0 Å². The van der Waals surface area contributed by atoms with Crippen molar-refractivity contribution in [2.45, 2.75) is 26.0 Å². The van der Waals surface area contributed by atoms with Crippen molar-refractivity contribution >= 4 is 22.8 Å². The predicted molar refractivity (Wildman–Crippen MR) is 102 cm³/mol. The second kappa shape index (κ2) is 7.96. The standard InChI is InChI=1S/C21H19NO6/c1-12-10-18(23)28-17-11-15(8-9-16(12)17)27-13(2)20(24)22-19(21(25)26)14-6-4-3-5-7-14/h3-11,13,19H,1-2H3,(H,22,24)(H,25,26)/t13-,19+/m1/s1. The molecule has 0 aliphatic rings. The predicted octanol–water partition coefficient (Wildman–Crippen LogP) is 2.81. The lowest BCUT2D eigenvalue weighted by atomic mass is 10.1. The number of carbonyl (C=O) groups is 2. The number of nitrogens with one attached hydrogen (secondary N) is 1. The molecule has 0 spiro atoms. The Kier molecular flexibility index (Phi) is 5.44. The summed E-state index contributed by atoms with van der Waals surface area (Å²) in [6, 6.07) is 13.5. The maximum atomic E-state index is 12.4. The number of amides is 1. The summed E-state index contributed by atoms with van der Waals surface area (Å²) in [7, 11) is 0. The number of aryl methyl sites for hydroxylation is 1. The van der Waals surface area contributed by atoms with E-state index in [0.29, 0.717) is 16.9 Å². The Morgan fingerprint density at radius 1 is 1.11 bits per heavy atom. The summed E-state index contributed by atoms with van der Waals surface area (Å²) in [5, 5.41) is 12.7.